The van der Waals surface area contributed by atoms with Gasteiger partial charge in [-0.3, -0.25) is 9.59 Å². The number of carboxylic acids is 1. The average molecular weight is 394 g/mol. The number of rotatable bonds is 8. The summed E-state index contributed by atoms with van der Waals surface area (Å²) < 4.78 is 0. The lowest BCUT2D eigenvalue weighted by molar-refractivity contribution is -0.136. The van der Waals surface area contributed by atoms with Crippen molar-refractivity contribution in [2.45, 2.75) is 50.9 Å². The molecular weight excluding hydrogens is 366 g/mol. The first-order valence-corrected chi connectivity index (χ1v) is 10.3. The molecule has 0 bridgehead atoms. The van der Waals surface area contributed by atoms with Gasteiger partial charge in [0.2, 0.25) is 5.91 Å². The fourth-order valence-corrected chi connectivity index (χ4v) is 3.80. The fourth-order valence-electron chi connectivity index (χ4n) is 2.93. The summed E-state index contributed by atoms with van der Waals surface area (Å²) in [5.41, 5.74) is 1.71. The van der Waals surface area contributed by atoms with Crippen LogP contribution in [0, 0.1) is 0 Å². The third kappa shape index (κ3) is 6.78. The number of anilines is 1. The van der Waals surface area contributed by atoms with Gasteiger partial charge in [-0.25, -0.2) is 4.79 Å². The Balaban J connectivity index is 1.91. The second-order valence-electron chi connectivity index (χ2n) is 6.84. The number of hydrogen-bond donors (Lipinski definition) is 3. The zero-order valence-electron chi connectivity index (χ0n) is 15.7. The minimum absolute atomic E-state index is 0.0251. The maximum Gasteiger partial charge on any atom is 0.318 e. The van der Waals surface area contributed by atoms with Crippen molar-refractivity contribution >= 4 is 35.4 Å². The number of benzene rings is 1. The molecule has 1 heterocycles. The molecule has 0 aromatic heterocycles. The van der Waals surface area contributed by atoms with E-state index in [1.54, 1.807) is 16.7 Å². The summed E-state index contributed by atoms with van der Waals surface area (Å²) in [5, 5.41) is 14.4. The molecule has 7 nitrogen and oxygen atoms in total. The van der Waals surface area contributed by atoms with Gasteiger partial charge >= 0.3 is 12.0 Å². The lowest BCUT2D eigenvalue weighted by Crippen LogP contribution is -2.49. The van der Waals surface area contributed by atoms with Crippen molar-refractivity contribution in [1.29, 1.82) is 0 Å². The van der Waals surface area contributed by atoms with Crippen molar-refractivity contribution in [2.24, 2.45) is 0 Å². The number of thioether (sulfide) groups is 1. The van der Waals surface area contributed by atoms with Crippen LogP contribution in [0.5, 0.6) is 0 Å². The SMILES string of the molecule is CC(C)NC(=O)N1CCC[C@H]1C(=O)Nc1cccc(CSCCC(=O)O)c1. The van der Waals surface area contributed by atoms with Crippen molar-refractivity contribution in [3.8, 4) is 0 Å². The van der Waals surface area contributed by atoms with Gasteiger partial charge in [-0.1, -0.05) is 12.1 Å². The van der Waals surface area contributed by atoms with Crippen molar-refractivity contribution in [2.75, 3.05) is 17.6 Å². The summed E-state index contributed by atoms with van der Waals surface area (Å²) in [6.45, 7) is 4.36. The summed E-state index contributed by atoms with van der Waals surface area (Å²) in [7, 11) is 0. The van der Waals surface area contributed by atoms with Crippen LogP contribution in [0.15, 0.2) is 24.3 Å². The molecule has 1 atom stereocenters. The predicted octanol–water partition coefficient (Wildman–Crippen LogP) is 2.92. The summed E-state index contributed by atoms with van der Waals surface area (Å²) in [4.78, 5) is 37.1. The van der Waals surface area contributed by atoms with Crippen LogP contribution in [0.3, 0.4) is 0 Å². The Morgan fingerprint density at radius 1 is 1.33 bits per heavy atom. The van der Waals surface area contributed by atoms with Gasteiger partial charge in [-0.05, 0) is 44.4 Å². The maximum atomic E-state index is 12.7. The Kier molecular flexibility index (Phi) is 7.97. The van der Waals surface area contributed by atoms with E-state index in [0.29, 0.717) is 30.2 Å². The number of carboxylic acid groups (broad SMARTS) is 1. The van der Waals surface area contributed by atoms with Crippen LogP contribution < -0.4 is 10.6 Å². The average Bonchev–Trinajstić information content (AvgIpc) is 3.08. The third-order valence-electron chi connectivity index (χ3n) is 4.15. The topological polar surface area (TPSA) is 98.7 Å². The molecule has 3 amide bonds. The first-order valence-electron chi connectivity index (χ1n) is 9.13. The number of likely N-dealkylation sites (tertiary alicyclic amines) is 1. The highest BCUT2D eigenvalue weighted by atomic mass is 32.2. The highest BCUT2D eigenvalue weighted by Gasteiger charge is 2.34. The number of amides is 3. The van der Waals surface area contributed by atoms with Gasteiger partial charge in [0.05, 0.1) is 6.42 Å². The lowest BCUT2D eigenvalue weighted by atomic mass is 10.2. The molecule has 1 aromatic carbocycles. The lowest BCUT2D eigenvalue weighted by Gasteiger charge is -2.25. The number of carbonyl (C=O) groups is 3. The fraction of sp³-hybridized carbons (Fsp3) is 0.526. The molecule has 1 saturated heterocycles. The van der Waals surface area contributed by atoms with Crippen LogP contribution in [0.25, 0.3) is 0 Å². The van der Waals surface area contributed by atoms with Crippen LogP contribution >= 0.6 is 11.8 Å². The highest BCUT2D eigenvalue weighted by Crippen LogP contribution is 2.21. The summed E-state index contributed by atoms with van der Waals surface area (Å²) in [5.74, 6) is 0.255. The van der Waals surface area contributed by atoms with Crippen LogP contribution in [0.4, 0.5) is 10.5 Å². The first kappa shape index (κ1) is 21.1. The van der Waals surface area contributed by atoms with Gasteiger partial charge in [0.25, 0.3) is 0 Å². The Bertz CT molecular complexity index is 681. The Morgan fingerprint density at radius 2 is 2.11 bits per heavy atom. The van der Waals surface area contributed by atoms with Crippen molar-refractivity contribution < 1.29 is 19.5 Å². The minimum Gasteiger partial charge on any atom is -0.481 e. The van der Waals surface area contributed by atoms with Gasteiger partial charge in [-0.2, -0.15) is 11.8 Å². The largest absolute Gasteiger partial charge is 0.481 e. The molecule has 0 spiro atoms. The van der Waals surface area contributed by atoms with E-state index in [9.17, 15) is 14.4 Å². The second-order valence-corrected chi connectivity index (χ2v) is 7.95. The van der Waals surface area contributed by atoms with E-state index in [4.69, 9.17) is 5.11 Å². The van der Waals surface area contributed by atoms with E-state index >= 15 is 0 Å². The summed E-state index contributed by atoms with van der Waals surface area (Å²) >= 11 is 1.54. The molecule has 3 N–H and O–H groups in total. The van der Waals surface area contributed by atoms with E-state index in [-0.39, 0.29) is 24.4 Å². The standard InChI is InChI=1S/C19H27N3O4S/c1-13(2)20-19(26)22-9-4-7-16(22)18(25)21-15-6-3-5-14(11-15)12-27-10-8-17(23)24/h3,5-6,11,13,16H,4,7-10,12H2,1-2H3,(H,20,26)(H,21,25)(H,23,24)/t16-/m0/s1. The van der Waals surface area contributed by atoms with Crippen LogP contribution in [-0.2, 0) is 15.3 Å². The number of aliphatic carboxylic acids is 1. The molecule has 0 unspecified atom stereocenters. The highest BCUT2D eigenvalue weighted by molar-refractivity contribution is 7.98. The Hall–Kier alpha value is -2.22. The van der Waals surface area contributed by atoms with Crippen LogP contribution in [0.2, 0.25) is 0 Å². The molecule has 1 aromatic rings. The smallest absolute Gasteiger partial charge is 0.318 e. The number of nitrogens with one attached hydrogen (secondary N) is 2. The van der Waals surface area contributed by atoms with Gasteiger partial charge in [-0.15, -0.1) is 0 Å². The molecule has 1 fully saturated rings. The third-order valence-corrected chi connectivity index (χ3v) is 5.18. The van der Waals surface area contributed by atoms with Crippen molar-refractivity contribution in [3.05, 3.63) is 29.8 Å². The molecule has 0 saturated carbocycles. The van der Waals surface area contributed by atoms with E-state index < -0.39 is 12.0 Å². The first-order chi connectivity index (χ1) is 12.9. The monoisotopic (exact) mass is 393 g/mol. The zero-order chi connectivity index (χ0) is 19.8. The zero-order valence-corrected chi connectivity index (χ0v) is 16.6. The normalized spacial score (nSPS) is 16.4. The van der Waals surface area contributed by atoms with Crippen molar-refractivity contribution in [3.63, 3.8) is 0 Å². The van der Waals surface area contributed by atoms with E-state index in [1.807, 2.05) is 38.1 Å². The van der Waals surface area contributed by atoms with Crippen LogP contribution in [0.1, 0.15) is 38.7 Å². The maximum absolute atomic E-state index is 12.7. The van der Waals surface area contributed by atoms with E-state index in [2.05, 4.69) is 10.6 Å². The van der Waals surface area contributed by atoms with E-state index in [0.717, 1.165) is 12.0 Å². The van der Waals surface area contributed by atoms with Crippen LogP contribution in [-0.4, -0.2) is 52.3 Å². The molecule has 0 radical (unpaired) electrons. The molecular formula is C19H27N3O4S. The van der Waals surface area contributed by atoms with Crippen molar-refractivity contribution in [1.82, 2.24) is 10.2 Å². The minimum atomic E-state index is -0.800. The predicted molar refractivity (Wildman–Crippen MR) is 107 cm³/mol. The molecule has 2 rings (SSSR count). The summed E-state index contributed by atoms with van der Waals surface area (Å²) in [6, 6.07) is 6.87. The Morgan fingerprint density at radius 3 is 2.81 bits per heavy atom. The molecule has 148 valence electrons. The molecule has 1 aliphatic rings. The second kappa shape index (κ2) is 10.2. The molecule has 1 aliphatic heterocycles. The van der Waals surface area contributed by atoms with E-state index in [1.165, 1.54) is 0 Å². The van der Waals surface area contributed by atoms with Gasteiger partial charge in [0.1, 0.15) is 6.04 Å². The Labute approximate surface area is 163 Å². The van der Waals surface area contributed by atoms with Gasteiger partial charge in [0.15, 0.2) is 0 Å². The number of nitrogens with zero attached hydrogens (tertiary/aromatic N) is 1. The number of carbonyl (C=O) groups excluding carboxylic acids is 2. The number of urea groups is 1. The summed E-state index contributed by atoms with van der Waals surface area (Å²) in [6.07, 6.45) is 1.60. The van der Waals surface area contributed by atoms with Gasteiger partial charge < -0.3 is 20.6 Å². The molecule has 8 heteroatoms. The molecule has 0 aliphatic carbocycles. The quantitative estimate of drug-likeness (QED) is 0.590. The molecule has 27 heavy (non-hydrogen) atoms. The van der Waals surface area contributed by atoms with Gasteiger partial charge in [0, 0.05) is 29.8 Å². The number of hydrogen-bond acceptors (Lipinski definition) is 4.